The maximum absolute atomic E-state index is 11.9. The lowest BCUT2D eigenvalue weighted by Crippen LogP contribution is -2.21. The Morgan fingerprint density at radius 1 is 1.50 bits per heavy atom. The van der Waals surface area contributed by atoms with E-state index in [1.165, 1.54) is 6.92 Å². The van der Waals surface area contributed by atoms with Crippen molar-refractivity contribution in [2.75, 3.05) is 13.2 Å². The van der Waals surface area contributed by atoms with Crippen molar-refractivity contribution in [1.29, 1.82) is 0 Å². The molecule has 62 valence electrons. The molecule has 10 heavy (non-hydrogen) atoms. The van der Waals surface area contributed by atoms with Crippen LogP contribution in [0.4, 0.5) is 13.2 Å². The molecule has 0 N–H and O–H groups in total. The van der Waals surface area contributed by atoms with E-state index in [2.05, 4.69) is 4.74 Å². The minimum Gasteiger partial charge on any atom is -0.372 e. The number of ether oxygens (including phenoxy) is 1. The number of alkyl halides is 3. The van der Waals surface area contributed by atoms with Crippen molar-refractivity contribution >= 4 is 0 Å². The van der Waals surface area contributed by atoms with Gasteiger partial charge in [0.2, 0.25) is 0 Å². The van der Waals surface area contributed by atoms with E-state index >= 15 is 0 Å². The fraction of sp³-hybridized carbons (Fsp3) is 1.00. The van der Waals surface area contributed by atoms with Gasteiger partial charge in [-0.3, -0.25) is 0 Å². The van der Waals surface area contributed by atoms with Gasteiger partial charge in [-0.15, -0.1) is 0 Å². The third-order valence-electron chi connectivity index (χ3n) is 0.703. The normalized spacial score (nSPS) is 15.3. The second kappa shape index (κ2) is 3.81. The maximum Gasteiger partial charge on any atom is 0.268 e. The molecule has 0 aromatic carbocycles. The number of hydrogen-bond donors (Lipinski definition) is 0. The van der Waals surface area contributed by atoms with Crippen LogP contribution in [0.5, 0.6) is 0 Å². The molecule has 4 heteroatoms. The fourth-order valence-corrected chi connectivity index (χ4v) is 0.401. The first kappa shape index (κ1) is 9.75. The molecule has 0 saturated carbocycles. The van der Waals surface area contributed by atoms with Crippen LogP contribution in [0.25, 0.3) is 0 Å². The lowest BCUT2D eigenvalue weighted by molar-refractivity contribution is -0.0700. The third-order valence-corrected chi connectivity index (χ3v) is 0.703. The van der Waals surface area contributed by atoms with Gasteiger partial charge >= 0.3 is 0 Å². The second-order valence-electron chi connectivity index (χ2n) is 2.37. The Morgan fingerprint density at radius 3 is 2.30 bits per heavy atom. The van der Waals surface area contributed by atoms with E-state index in [-0.39, 0.29) is 6.61 Å². The predicted molar refractivity (Wildman–Crippen MR) is 32.0 cm³/mol. The van der Waals surface area contributed by atoms with E-state index in [0.717, 1.165) is 6.92 Å². The summed E-state index contributed by atoms with van der Waals surface area (Å²) in [4.78, 5) is 0. The smallest absolute Gasteiger partial charge is 0.268 e. The molecule has 0 aromatic rings. The minimum absolute atomic E-state index is 0.260. The van der Waals surface area contributed by atoms with Crippen molar-refractivity contribution in [3.05, 3.63) is 0 Å². The third kappa shape index (κ3) is 7.75. The summed E-state index contributed by atoms with van der Waals surface area (Å²) in [5.41, 5.74) is 0. The summed E-state index contributed by atoms with van der Waals surface area (Å²) in [5.74, 6) is -2.85. The zero-order chi connectivity index (χ0) is 8.20. The van der Waals surface area contributed by atoms with Gasteiger partial charge in [0, 0.05) is 6.92 Å². The lowest BCUT2D eigenvalue weighted by atomic mass is 10.4. The van der Waals surface area contributed by atoms with Gasteiger partial charge in [-0.05, 0) is 6.92 Å². The molecule has 0 aliphatic rings. The van der Waals surface area contributed by atoms with E-state index < -0.39 is 18.7 Å². The Kier molecular flexibility index (Phi) is 3.71. The van der Waals surface area contributed by atoms with E-state index in [1.54, 1.807) is 0 Å². The summed E-state index contributed by atoms with van der Waals surface area (Å²) < 4.78 is 40.1. The molecule has 1 nitrogen and oxygen atoms in total. The second-order valence-corrected chi connectivity index (χ2v) is 2.37. The van der Waals surface area contributed by atoms with Gasteiger partial charge in [0.15, 0.2) is 0 Å². The van der Waals surface area contributed by atoms with Gasteiger partial charge in [-0.1, -0.05) is 0 Å². The number of halogens is 3. The first-order valence-electron chi connectivity index (χ1n) is 3.01. The van der Waals surface area contributed by atoms with Gasteiger partial charge in [0.25, 0.3) is 5.92 Å². The molecular weight excluding hydrogens is 145 g/mol. The highest BCUT2D eigenvalue weighted by molar-refractivity contribution is 4.55. The number of hydrogen-bond acceptors (Lipinski definition) is 1. The van der Waals surface area contributed by atoms with Gasteiger partial charge in [-0.2, -0.15) is 0 Å². The molecule has 1 unspecified atom stereocenters. The largest absolute Gasteiger partial charge is 0.372 e. The van der Waals surface area contributed by atoms with E-state index in [0.29, 0.717) is 0 Å². The van der Waals surface area contributed by atoms with Gasteiger partial charge in [0.05, 0.1) is 6.61 Å². The van der Waals surface area contributed by atoms with Crippen LogP contribution >= 0.6 is 0 Å². The molecular formula is C6H11F3O. The van der Waals surface area contributed by atoms with Gasteiger partial charge in [-0.25, -0.2) is 13.2 Å². The van der Waals surface area contributed by atoms with E-state index in [1.807, 2.05) is 0 Å². The molecule has 0 radical (unpaired) electrons. The highest BCUT2D eigenvalue weighted by Gasteiger charge is 2.21. The summed E-state index contributed by atoms with van der Waals surface area (Å²) in [6, 6.07) is 0. The Bertz CT molecular complexity index is 87.5. The molecule has 0 bridgehead atoms. The first-order valence-corrected chi connectivity index (χ1v) is 3.01. The Balaban J connectivity index is 3.21. The lowest BCUT2D eigenvalue weighted by Gasteiger charge is -2.10. The molecule has 0 spiro atoms. The van der Waals surface area contributed by atoms with Crippen LogP contribution in [0.15, 0.2) is 0 Å². The van der Waals surface area contributed by atoms with Crippen LogP contribution < -0.4 is 0 Å². The van der Waals surface area contributed by atoms with Crippen molar-refractivity contribution in [1.82, 2.24) is 0 Å². The van der Waals surface area contributed by atoms with E-state index in [9.17, 15) is 13.2 Å². The van der Waals surface area contributed by atoms with Crippen LogP contribution in [0.1, 0.15) is 13.8 Å². The Labute approximate surface area is 58.2 Å². The van der Waals surface area contributed by atoms with Crippen molar-refractivity contribution < 1.29 is 17.9 Å². The Hall–Kier alpha value is -0.250. The topological polar surface area (TPSA) is 9.23 Å². The Morgan fingerprint density at radius 2 is 2.00 bits per heavy atom. The average Bonchev–Trinajstić information content (AvgIpc) is 1.59. The monoisotopic (exact) mass is 156 g/mol. The SMILES string of the molecule is CC(F)COCC(C)(F)F. The highest BCUT2D eigenvalue weighted by atomic mass is 19.3. The van der Waals surface area contributed by atoms with Crippen molar-refractivity contribution in [2.45, 2.75) is 25.9 Å². The van der Waals surface area contributed by atoms with Crippen LogP contribution in [-0.2, 0) is 4.74 Å². The zero-order valence-corrected chi connectivity index (χ0v) is 6.03. The molecule has 0 rings (SSSR count). The quantitative estimate of drug-likeness (QED) is 0.605. The molecule has 0 aliphatic carbocycles. The molecule has 0 aromatic heterocycles. The standard InChI is InChI=1S/C6H11F3O/c1-5(7)3-10-4-6(2,8)9/h5H,3-4H2,1-2H3. The molecule has 1 atom stereocenters. The molecule has 0 saturated heterocycles. The molecule has 0 fully saturated rings. The van der Waals surface area contributed by atoms with Gasteiger partial charge < -0.3 is 4.74 Å². The highest BCUT2D eigenvalue weighted by Crippen LogP contribution is 2.11. The fourth-order valence-electron chi connectivity index (χ4n) is 0.401. The summed E-state index contributed by atoms with van der Waals surface area (Å²) in [6.45, 7) is 1.02. The van der Waals surface area contributed by atoms with Crippen molar-refractivity contribution in [2.24, 2.45) is 0 Å². The van der Waals surface area contributed by atoms with Crippen molar-refractivity contribution in [3.63, 3.8) is 0 Å². The summed E-state index contributed by atoms with van der Waals surface area (Å²) >= 11 is 0. The average molecular weight is 156 g/mol. The van der Waals surface area contributed by atoms with Crippen LogP contribution in [-0.4, -0.2) is 25.3 Å². The summed E-state index contributed by atoms with van der Waals surface area (Å²) in [7, 11) is 0. The van der Waals surface area contributed by atoms with Crippen LogP contribution in [0.3, 0.4) is 0 Å². The van der Waals surface area contributed by atoms with E-state index in [4.69, 9.17) is 0 Å². The minimum atomic E-state index is -2.85. The summed E-state index contributed by atoms with van der Waals surface area (Å²) in [5, 5.41) is 0. The predicted octanol–water partition coefficient (Wildman–Crippen LogP) is 2.02. The molecule has 0 aliphatic heterocycles. The first-order chi connectivity index (χ1) is 4.42. The summed E-state index contributed by atoms with van der Waals surface area (Å²) in [6.07, 6.45) is -1.18. The zero-order valence-electron chi connectivity index (χ0n) is 6.03. The van der Waals surface area contributed by atoms with Crippen LogP contribution in [0.2, 0.25) is 0 Å². The maximum atomic E-state index is 11.9. The molecule has 0 amide bonds. The van der Waals surface area contributed by atoms with Crippen molar-refractivity contribution in [3.8, 4) is 0 Å². The van der Waals surface area contributed by atoms with Crippen LogP contribution in [0, 0.1) is 0 Å². The number of rotatable bonds is 4. The molecule has 0 heterocycles. The van der Waals surface area contributed by atoms with Gasteiger partial charge in [0.1, 0.15) is 12.8 Å².